The van der Waals surface area contributed by atoms with Crippen LogP contribution in [-0.4, -0.2) is 17.2 Å². The van der Waals surface area contributed by atoms with Gasteiger partial charge >= 0.3 is 0 Å². The smallest absolute Gasteiger partial charge is 0.244 e. The summed E-state index contributed by atoms with van der Waals surface area (Å²) in [4.78, 5) is 11.7. The van der Waals surface area contributed by atoms with Crippen LogP contribution in [0, 0.1) is 3.57 Å². The zero-order valence-corrected chi connectivity index (χ0v) is 12.7. The van der Waals surface area contributed by atoms with E-state index >= 15 is 0 Å². The molecular weight excluding hydrogens is 367 g/mol. The summed E-state index contributed by atoms with van der Waals surface area (Å²) in [6, 6.07) is 14.4. The van der Waals surface area contributed by atoms with Gasteiger partial charge < -0.3 is 5.11 Å². The van der Waals surface area contributed by atoms with E-state index in [0.29, 0.717) is 0 Å². The van der Waals surface area contributed by atoms with Crippen LogP contribution in [0.15, 0.2) is 53.6 Å². The predicted octanol–water partition coefficient (Wildman–Crippen LogP) is 2.69. The highest BCUT2D eigenvalue weighted by Gasteiger charge is 2.02. The van der Waals surface area contributed by atoms with Gasteiger partial charge in [0.15, 0.2) is 0 Å². The van der Waals surface area contributed by atoms with Crippen molar-refractivity contribution < 1.29 is 9.90 Å². The molecule has 102 valence electrons. The van der Waals surface area contributed by atoms with Crippen molar-refractivity contribution in [3.63, 3.8) is 0 Å². The monoisotopic (exact) mass is 380 g/mol. The minimum Gasteiger partial charge on any atom is -0.508 e. The van der Waals surface area contributed by atoms with Crippen molar-refractivity contribution in [2.45, 2.75) is 6.42 Å². The molecule has 4 nitrogen and oxygen atoms in total. The molecule has 0 aliphatic carbocycles. The van der Waals surface area contributed by atoms with Gasteiger partial charge in [0.1, 0.15) is 5.75 Å². The van der Waals surface area contributed by atoms with Crippen LogP contribution in [0.25, 0.3) is 0 Å². The van der Waals surface area contributed by atoms with Gasteiger partial charge in [-0.15, -0.1) is 0 Å². The molecule has 2 rings (SSSR count). The van der Waals surface area contributed by atoms with Crippen molar-refractivity contribution in [3.05, 3.63) is 63.2 Å². The van der Waals surface area contributed by atoms with Gasteiger partial charge in [0.2, 0.25) is 5.91 Å². The highest BCUT2D eigenvalue weighted by Crippen LogP contribution is 2.11. The minimum atomic E-state index is -0.225. The predicted molar refractivity (Wildman–Crippen MR) is 86.7 cm³/mol. The first-order chi connectivity index (χ1) is 9.63. The molecular formula is C15H13IN2O2. The Bertz CT molecular complexity index is 624. The van der Waals surface area contributed by atoms with Gasteiger partial charge in [-0.05, 0) is 58.0 Å². The van der Waals surface area contributed by atoms with Crippen molar-refractivity contribution in [2.24, 2.45) is 5.10 Å². The van der Waals surface area contributed by atoms with Gasteiger partial charge in [0, 0.05) is 3.57 Å². The molecule has 2 N–H and O–H groups in total. The Morgan fingerprint density at radius 3 is 2.70 bits per heavy atom. The average Bonchev–Trinajstić information content (AvgIpc) is 2.41. The van der Waals surface area contributed by atoms with Crippen molar-refractivity contribution in [1.82, 2.24) is 5.43 Å². The highest BCUT2D eigenvalue weighted by molar-refractivity contribution is 14.1. The van der Waals surface area contributed by atoms with Crippen LogP contribution in [-0.2, 0) is 11.2 Å². The zero-order chi connectivity index (χ0) is 14.4. The minimum absolute atomic E-state index is 0.151. The lowest BCUT2D eigenvalue weighted by atomic mass is 10.1. The Labute approximate surface area is 130 Å². The SMILES string of the molecule is O=C(Cc1cccc(O)c1)NN=Cc1ccc(I)cc1. The number of halogens is 1. The molecule has 0 unspecified atom stereocenters. The van der Waals surface area contributed by atoms with Crippen LogP contribution in [0.1, 0.15) is 11.1 Å². The van der Waals surface area contributed by atoms with Crippen LogP contribution in [0.4, 0.5) is 0 Å². The Morgan fingerprint density at radius 2 is 2.00 bits per heavy atom. The summed E-state index contributed by atoms with van der Waals surface area (Å²) in [5.74, 6) is -0.0740. The quantitative estimate of drug-likeness (QED) is 0.487. The standard InChI is InChI=1S/C15H13IN2O2/c16-13-6-4-11(5-7-13)10-17-18-15(20)9-12-2-1-3-14(19)8-12/h1-8,10,19H,9H2,(H,18,20). The lowest BCUT2D eigenvalue weighted by Gasteiger charge is -2.01. The molecule has 1 amide bonds. The molecule has 0 aliphatic heterocycles. The van der Waals surface area contributed by atoms with Gasteiger partial charge in [-0.1, -0.05) is 24.3 Å². The summed E-state index contributed by atoms with van der Waals surface area (Å²) < 4.78 is 1.15. The summed E-state index contributed by atoms with van der Waals surface area (Å²) in [6.45, 7) is 0. The van der Waals surface area contributed by atoms with E-state index in [2.05, 4.69) is 33.1 Å². The molecule has 0 saturated heterocycles. The highest BCUT2D eigenvalue weighted by atomic mass is 127. The number of hydrogen-bond donors (Lipinski definition) is 2. The van der Waals surface area contributed by atoms with Crippen LogP contribution >= 0.6 is 22.6 Å². The Kier molecular flexibility index (Phi) is 5.11. The number of rotatable bonds is 4. The largest absolute Gasteiger partial charge is 0.508 e. The van der Waals surface area contributed by atoms with Crippen LogP contribution in [0.2, 0.25) is 0 Å². The Hall–Kier alpha value is -1.89. The fourth-order valence-electron chi connectivity index (χ4n) is 1.62. The molecule has 0 aromatic heterocycles. The van der Waals surface area contributed by atoms with Crippen molar-refractivity contribution in [3.8, 4) is 5.75 Å². The number of nitrogens with zero attached hydrogens (tertiary/aromatic N) is 1. The van der Waals surface area contributed by atoms with Gasteiger partial charge in [-0.25, -0.2) is 5.43 Å². The van der Waals surface area contributed by atoms with E-state index in [4.69, 9.17) is 0 Å². The summed E-state index contributed by atoms with van der Waals surface area (Å²) in [5, 5.41) is 13.2. The molecule has 0 atom stereocenters. The molecule has 5 heteroatoms. The maximum absolute atomic E-state index is 11.7. The van der Waals surface area contributed by atoms with Gasteiger partial charge in [-0.3, -0.25) is 4.79 Å². The molecule has 0 radical (unpaired) electrons. The van der Waals surface area contributed by atoms with Crippen molar-refractivity contribution >= 4 is 34.7 Å². The Balaban J connectivity index is 1.87. The number of hydrazone groups is 1. The zero-order valence-electron chi connectivity index (χ0n) is 10.6. The lowest BCUT2D eigenvalue weighted by molar-refractivity contribution is -0.120. The molecule has 0 bridgehead atoms. The number of phenols is 1. The molecule has 20 heavy (non-hydrogen) atoms. The van der Waals surface area contributed by atoms with Gasteiger partial charge in [-0.2, -0.15) is 5.10 Å². The number of phenolic OH excluding ortho intramolecular Hbond substituents is 1. The van der Waals surface area contributed by atoms with Crippen LogP contribution in [0.5, 0.6) is 5.75 Å². The van der Waals surface area contributed by atoms with Crippen molar-refractivity contribution in [2.75, 3.05) is 0 Å². The van der Waals surface area contributed by atoms with Gasteiger partial charge in [0.25, 0.3) is 0 Å². The van der Waals surface area contributed by atoms with E-state index in [1.807, 2.05) is 24.3 Å². The number of amides is 1. The van der Waals surface area contributed by atoms with E-state index in [1.165, 1.54) is 0 Å². The number of carbonyl (C=O) groups excluding carboxylic acids is 1. The summed E-state index contributed by atoms with van der Waals surface area (Å²) in [5.41, 5.74) is 4.12. The first-order valence-corrected chi connectivity index (χ1v) is 7.07. The third kappa shape index (κ3) is 4.65. The molecule has 0 fully saturated rings. The van der Waals surface area contributed by atoms with E-state index < -0.39 is 0 Å². The fourth-order valence-corrected chi connectivity index (χ4v) is 1.98. The summed E-state index contributed by atoms with van der Waals surface area (Å²) in [7, 11) is 0. The summed E-state index contributed by atoms with van der Waals surface area (Å²) >= 11 is 2.23. The second-order valence-corrected chi connectivity index (χ2v) is 5.44. The van der Waals surface area contributed by atoms with Crippen LogP contribution in [0.3, 0.4) is 0 Å². The van der Waals surface area contributed by atoms with E-state index in [9.17, 15) is 9.90 Å². The topological polar surface area (TPSA) is 61.7 Å². The molecule has 0 saturated carbocycles. The molecule has 2 aromatic carbocycles. The number of carbonyl (C=O) groups is 1. The molecule has 0 aliphatic rings. The fraction of sp³-hybridized carbons (Fsp3) is 0.0667. The molecule has 0 spiro atoms. The number of benzene rings is 2. The summed E-state index contributed by atoms with van der Waals surface area (Å²) in [6.07, 6.45) is 1.77. The van der Waals surface area contributed by atoms with E-state index in [-0.39, 0.29) is 18.1 Å². The van der Waals surface area contributed by atoms with Crippen LogP contribution < -0.4 is 5.43 Å². The maximum Gasteiger partial charge on any atom is 0.244 e. The third-order valence-electron chi connectivity index (χ3n) is 2.55. The molecule has 0 heterocycles. The third-order valence-corrected chi connectivity index (χ3v) is 3.27. The lowest BCUT2D eigenvalue weighted by Crippen LogP contribution is -2.19. The van der Waals surface area contributed by atoms with Crippen molar-refractivity contribution in [1.29, 1.82) is 0 Å². The van der Waals surface area contributed by atoms with E-state index in [0.717, 1.165) is 14.7 Å². The first kappa shape index (κ1) is 14.5. The normalized spacial score (nSPS) is 10.7. The second-order valence-electron chi connectivity index (χ2n) is 4.19. The maximum atomic E-state index is 11.7. The second kappa shape index (κ2) is 7.04. The molecule has 2 aromatic rings. The van der Waals surface area contributed by atoms with Gasteiger partial charge in [0.05, 0.1) is 12.6 Å². The Morgan fingerprint density at radius 1 is 1.25 bits per heavy atom. The van der Waals surface area contributed by atoms with E-state index in [1.54, 1.807) is 30.5 Å². The number of hydrogen-bond acceptors (Lipinski definition) is 3. The first-order valence-electron chi connectivity index (χ1n) is 5.99. The average molecular weight is 380 g/mol. The number of aromatic hydroxyl groups is 1. The number of nitrogens with one attached hydrogen (secondary N) is 1.